The Hall–Kier alpha value is -4.40. The van der Waals surface area contributed by atoms with Crippen molar-refractivity contribution < 1.29 is 13.6 Å². The van der Waals surface area contributed by atoms with Gasteiger partial charge in [-0.15, -0.1) is 0 Å². The molecular weight excluding hydrogens is 486 g/mol. The summed E-state index contributed by atoms with van der Waals surface area (Å²) in [5, 5.41) is 8.48. The van der Waals surface area contributed by atoms with Crippen molar-refractivity contribution in [3.63, 3.8) is 0 Å². The lowest BCUT2D eigenvalue weighted by atomic mass is 9.95. The highest BCUT2D eigenvalue weighted by Crippen LogP contribution is 2.56. The highest BCUT2D eigenvalue weighted by atomic mass is 19.1. The van der Waals surface area contributed by atoms with E-state index in [0.717, 1.165) is 40.3 Å². The van der Waals surface area contributed by atoms with E-state index >= 15 is 0 Å². The Labute approximate surface area is 216 Å². The van der Waals surface area contributed by atoms with Gasteiger partial charge in [0, 0.05) is 46.9 Å². The Morgan fingerprint density at radius 3 is 2.87 bits per heavy atom. The van der Waals surface area contributed by atoms with Gasteiger partial charge in [0.25, 0.3) is 0 Å². The number of carbonyl (C=O) groups excluding carboxylic acids is 1. The summed E-state index contributed by atoms with van der Waals surface area (Å²) in [4.78, 5) is 25.5. The van der Waals surface area contributed by atoms with Gasteiger partial charge in [-0.05, 0) is 72.6 Å². The van der Waals surface area contributed by atoms with Crippen LogP contribution in [0.5, 0.6) is 0 Å². The first-order valence-electron chi connectivity index (χ1n) is 12.7. The highest BCUT2D eigenvalue weighted by Gasteiger charge is 2.47. The number of amides is 1. The van der Waals surface area contributed by atoms with E-state index in [-0.39, 0.29) is 18.9 Å². The number of benzene rings is 1. The number of pyridine rings is 2. The number of aromatic nitrogens is 5. The SMILES string of the molecule is O=C(Cn1ncc2c1CC1CC21)N[C@@H](Cc1cc(F)cc(F)c1)c1ncccc1-c1cnc2[nH]ccc2c1. The van der Waals surface area contributed by atoms with Crippen LogP contribution in [-0.2, 0) is 24.2 Å². The lowest BCUT2D eigenvalue weighted by molar-refractivity contribution is -0.122. The number of H-pyrrole nitrogens is 1. The number of halogens is 2. The minimum atomic E-state index is -0.668. The molecule has 0 bridgehead atoms. The van der Waals surface area contributed by atoms with Crippen LogP contribution in [0.3, 0.4) is 0 Å². The summed E-state index contributed by atoms with van der Waals surface area (Å²) in [6, 6.07) is 10.4. The summed E-state index contributed by atoms with van der Waals surface area (Å²) in [6.07, 6.45) is 9.43. The number of aromatic amines is 1. The van der Waals surface area contributed by atoms with Crippen molar-refractivity contribution in [2.45, 2.75) is 37.8 Å². The molecule has 7 rings (SSSR count). The van der Waals surface area contributed by atoms with Crippen LogP contribution in [0.1, 0.15) is 40.9 Å². The Balaban J connectivity index is 1.23. The molecule has 1 aromatic carbocycles. The fourth-order valence-corrected chi connectivity index (χ4v) is 5.78. The maximum atomic E-state index is 14.1. The molecule has 5 aromatic rings. The molecule has 1 fully saturated rings. The molecule has 2 aliphatic rings. The molecular formula is C29H24F2N6O. The molecule has 1 amide bonds. The lowest BCUT2D eigenvalue weighted by Gasteiger charge is -2.22. The smallest absolute Gasteiger partial charge is 0.242 e. The maximum Gasteiger partial charge on any atom is 0.242 e. The van der Waals surface area contributed by atoms with E-state index in [4.69, 9.17) is 0 Å². The summed E-state index contributed by atoms with van der Waals surface area (Å²) < 4.78 is 29.9. The molecule has 0 saturated heterocycles. The predicted octanol–water partition coefficient (Wildman–Crippen LogP) is 4.86. The van der Waals surface area contributed by atoms with Gasteiger partial charge in [0.15, 0.2) is 0 Å². The lowest BCUT2D eigenvalue weighted by Crippen LogP contribution is -2.34. The Morgan fingerprint density at radius 2 is 2.00 bits per heavy atom. The maximum absolute atomic E-state index is 14.1. The minimum absolute atomic E-state index is 0.0712. The fourth-order valence-electron chi connectivity index (χ4n) is 5.78. The van der Waals surface area contributed by atoms with Crippen molar-refractivity contribution >= 4 is 16.9 Å². The minimum Gasteiger partial charge on any atom is -0.346 e. The fraction of sp³-hybridized carbons (Fsp3) is 0.241. The Bertz CT molecular complexity index is 1670. The number of carbonyl (C=O) groups is 1. The van der Waals surface area contributed by atoms with Gasteiger partial charge < -0.3 is 10.3 Å². The quantitative estimate of drug-likeness (QED) is 0.327. The topological polar surface area (TPSA) is 88.5 Å². The molecule has 4 aromatic heterocycles. The van der Waals surface area contributed by atoms with Crippen molar-refractivity contribution in [2.75, 3.05) is 0 Å². The monoisotopic (exact) mass is 510 g/mol. The number of fused-ring (bicyclic) bond motifs is 4. The van der Waals surface area contributed by atoms with E-state index in [2.05, 4.69) is 25.4 Å². The first-order valence-corrected chi connectivity index (χ1v) is 12.7. The van der Waals surface area contributed by atoms with Crippen LogP contribution >= 0.6 is 0 Å². The van der Waals surface area contributed by atoms with Crippen molar-refractivity contribution in [1.29, 1.82) is 0 Å². The van der Waals surface area contributed by atoms with Gasteiger partial charge in [0.1, 0.15) is 23.8 Å². The molecule has 2 aliphatic carbocycles. The highest BCUT2D eigenvalue weighted by molar-refractivity contribution is 5.82. The largest absolute Gasteiger partial charge is 0.346 e. The molecule has 0 radical (unpaired) electrons. The van der Waals surface area contributed by atoms with Crippen molar-refractivity contribution in [3.05, 3.63) is 101 Å². The second-order valence-electron chi connectivity index (χ2n) is 10.2. The number of nitrogens with one attached hydrogen (secondary N) is 2. The van der Waals surface area contributed by atoms with Crippen LogP contribution in [0.15, 0.2) is 67.3 Å². The summed E-state index contributed by atoms with van der Waals surface area (Å²) in [5.74, 6) is -0.290. The average Bonchev–Trinajstić information content (AvgIpc) is 3.20. The van der Waals surface area contributed by atoms with Gasteiger partial charge in [-0.3, -0.25) is 14.5 Å². The van der Waals surface area contributed by atoms with Gasteiger partial charge in [0.05, 0.1) is 17.9 Å². The number of hydrogen-bond donors (Lipinski definition) is 2. The summed E-state index contributed by atoms with van der Waals surface area (Å²) in [6.45, 7) is 0.0712. The molecule has 0 aliphatic heterocycles. The number of nitrogens with zero attached hydrogens (tertiary/aromatic N) is 4. The first-order chi connectivity index (χ1) is 18.5. The number of hydrogen-bond acceptors (Lipinski definition) is 4. The van der Waals surface area contributed by atoms with E-state index in [0.29, 0.717) is 23.1 Å². The molecule has 7 nitrogen and oxygen atoms in total. The summed E-state index contributed by atoms with van der Waals surface area (Å²) >= 11 is 0. The van der Waals surface area contributed by atoms with Gasteiger partial charge in [-0.1, -0.05) is 6.07 Å². The van der Waals surface area contributed by atoms with E-state index in [1.165, 1.54) is 24.1 Å². The molecule has 3 atom stereocenters. The summed E-state index contributed by atoms with van der Waals surface area (Å²) in [7, 11) is 0. The zero-order chi connectivity index (χ0) is 25.8. The standard InChI is InChI=1S/C29H24F2N6O/c30-20-6-16(7-21(31)12-20)8-25(36-27(38)15-37-26-11-18-10-23(18)24(26)14-35-37)28-22(2-1-4-32-28)19-9-17-3-5-33-29(17)34-13-19/h1-7,9,12-14,18,23,25H,8,10-11,15H2,(H,33,34)(H,36,38)/t18?,23?,25-/m0/s1. The molecule has 9 heteroatoms. The van der Waals surface area contributed by atoms with E-state index in [9.17, 15) is 13.6 Å². The van der Waals surface area contributed by atoms with Crippen molar-refractivity contribution in [3.8, 4) is 11.1 Å². The molecule has 2 N–H and O–H groups in total. The van der Waals surface area contributed by atoms with E-state index in [1.807, 2.05) is 36.7 Å². The number of rotatable bonds is 7. The molecule has 1 saturated carbocycles. The van der Waals surface area contributed by atoms with Crippen LogP contribution in [0.4, 0.5) is 8.78 Å². The average molecular weight is 511 g/mol. The van der Waals surface area contributed by atoms with Crippen LogP contribution in [-0.4, -0.2) is 30.6 Å². The third kappa shape index (κ3) is 4.13. The first kappa shape index (κ1) is 22.8. The molecule has 4 heterocycles. The van der Waals surface area contributed by atoms with Gasteiger partial charge in [-0.2, -0.15) is 5.10 Å². The third-order valence-corrected chi connectivity index (χ3v) is 7.63. The zero-order valence-electron chi connectivity index (χ0n) is 20.4. The van der Waals surface area contributed by atoms with Crippen LogP contribution in [0.2, 0.25) is 0 Å². The second-order valence-corrected chi connectivity index (χ2v) is 10.2. The van der Waals surface area contributed by atoms with Crippen LogP contribution in [0, 0.1) is 17.6 Å². The Morgan fingerprint density at radius 1 is 1.13 bits per heavy atom. The Kier molecular flexibility index (Phi) is 5.31. The predicted molar refractivity (Wildman–Crippen MR) is 137 cm³/mol. The molecule has 2 unspecified atom stereocenters. The van der Waals surface area contributed by atoms with Gasteiger partial charge in [-0.25, -0.2) is 13.8 Å². The van der Waals surface area contributed by atoms with Crippen molar-refractivity contribution in [1.82, 2.24) is 30.0 Å². The second kappa shape index (κ2) is 8.86. The van der Waals surface area contributed by atoms with Crippen LogP contribution < -0.4 is 5.32 Å². The van der Waals surface area contributed by atoms with E-state index in [1.54, 1.807) is 17.1 Å². The normalized spacial score (nSPS) is 18.3. The van der Waals surface area contributed by atoms with E-state index < -0.39 is 17.7 Å². The zero-order valence-corrected chi connectivity index (χ0v) is 20.4. The van der Waals surface area contributed by atoms with Crippen LogP contribution in [0.25, 0.3) is 22.2 Å². The summed E-state index contributed by atoms with van der Waals surface area (Å²) in [5.41, 5.74) is 5.78. The third-order valence-electron chi connectivity index (χ3n) is 7.63. The molecule has 190 valence electrons. The molecule has 38 heavy (non-hydrogen) atoms. The van der Waals surface area contributed by atoms with Gasteiger partial charge in [0.2, 0.25) is 5.91 Å². The van der Waals surface area contributed by atoms with Crippen molar-refractivity contribution in [2.24, 2.45) is 5.92 Å². The van der Waals surface area contributed by atoms with Gasteiger partial charge >= 0.3 is 0 Å². The molecule has 0 spiro atoms.